The van der Waals surface area contributed by atoms with E-state index in [0.717, 1.165) is 10.1 Å². The molecule has 0 aromatic heterocycles. The molecule has 0 atom stereocenters. The second kappa shape index (κ2) is 3.25. The van der Waals surface area contributed by atoms with E-state index >= 15 is 0 Å². The third-order valence-corrected chi connectivity index (χ3v) is 2.64. The molecule has 1 heterocycles. The minimum Gasteiger partial charge on any atom is -0.0851 e. The van der Waals surface area contributed by atoms with Crippen LogP contribution in [-0.4, -0.2) is 9.52 Å². The number of halogens is 2. The lowest BCUT2D eigenvalue weighted by Gasteiger charge is -1.80. The van der Waals surface area contributed by atoms with E-state index in [1.54, 1.807) is 12.2 Å². The van der Waals surface area contributed by atoms with Crippen molar-refractivity contribution >= 4 is 32.7 Å². The van der Waals surface area contributed by atoms with Crippen LogP contribution in [0.1, 0.15) is 0 Å². The summed E-state index contributed by atoms with van der Waals surface area (Å²) < 4.78 is 0. The Bertz CT molecular complexity index is 171. The van der Waals surface area contributed by atoms with Crippen LogP contribution in [0, 0.1) is 0 Å². The van der Waals surface area contributed by atoms with Crippen molar-refractivity contribution in [2.24, 2.45) is 0 Å². The summed E-state index contributed by atoms with van der Waals surface area (Å²) in [5.74, 6) is 0. The van der Waals surface area contributed by atoms with Gasteiger partial charge in [-0.2, -0.15) is 0 Å². The summed E-state index contributed by atoms with van der Waals surface area (Å²) in [5, 5.41) is 1.53. The molecule has 3 heteroatoms. The Labute approximate surface area is 66.7 Å². The van der Waals surface area contributed by atoms with Crippen LogP contribution in [0.5, 0.6) is 0 Å². The van der Waals surface area contributed by atoms with Crippen molar-refractivity contribution in [3.63, 3.8) is 0 Å². The maximum absolute atomic E-state index is 5.68. The van der Waals surface area contributed by atoms with Gasteiger partial charge in [-0.1, -0.05) is 34.6 Å². The van der Waals surface area contributed by atoms with Gasteiger partial charge in [-0.15, -0.1) is 0 Å². The highest BCUT2D eigenvalue weighted by Gasteiger charge is 1.91. The molecule has 1 aliphatic heterocycles. The molecule has 0 saturated carbocycles. The van der Waals surface area contributed by atoms with Crippen molar-refractivity contribution in [1.29, 1.82) is 0 Å². The minimum absolute atomic E-state index is 0.605. The largest absolute Gasteiger partial charge is 0.105 e. The smallest absolute Gasteiger partial charge is 0.0851 e. The highest BCUT2D eigenvalue weighted by molar-refractivity contribution is 6.54. The second-order valence-electron chi connectivity index (χ2n) is 1.56. The fourth-order valence-corrected chi connectivity index (χ4v) is 1.55. The molecule has 1 aliphatic rings. The lowest BCUT2D eigenvalue weighted by Crippen LogP contribution is -1.75. The van der Waals surface area contributed by atoms with Gasteiger partial charge in [0.25, 0.3) is 0 Å². The lowest BCUT2D eigenvalue weighted by atomic mass is 10.5. The van der Waals surface area contributed by atoms with E-state index in [9.17, 15) is 0 Å². The van der Waals surface area contributed by atoms with E-state index < -0.39 is 0 Å². The Morgan fingerprint density at radius 2 is 1.44 bits per heavy atom. The Balaban J connectivity index is 2.75. The van der Waals surface area contributed by atoms with Gasteiger partial charge in [-0.05, 0) is 12.2 Å². The molecule has 9 heavy (non-hydrogen) atoms. The van der Waals surface area contributed by atoms with Gasteiger partial charge in [-0.3, -0.25) is 0 Å². The SMILES string of the molecule is ClC1=C[Si]C=C(Cl)C=C1. The zero-order chi connectivity index (χ0) is 6.69. The molecule has 0 bridgehead atoms. The molecule has 0 unspecified atom stereocenters. The summed E-state index contributed by atoms with van der Waals surface area (Å²) >= 11 is 11.4. The Hall–Kier alpha value is 0.0169. The summed E-state index contributed by atoms with van der Waals surface area (Å²) in [6, 6.07) is 0. The molecule has 0 spiro atoms. The highest BCUT2D eigenvalue weighted by atomic mass is 35.5. The van der Waals surface area contributed by atoms with Gasteiger partial charge in [0.2, 0.25) is 0 Å². The first-order chi connectivity index (χ1) is 4.29. The van der Waals surface area contributed by atoms with Gasteiger partial charge in [-0.25, -0.2) is 0 Å². The van der Waals surface area contributed by atoms with Crippen LogP contribution in [-0.2, 0) is 0 Å². The summed E-state index contributed by atoms with van der Waals surface area (Å²) in [4.78, 5) is 0. The average Bonchev–Trinajstić information content (AvgIpc) is 1.97. The van der Waals surface area contributed by atoms with Crippen LogP contribution in [0.25, 0.3) is 0 Å². The fourth-order valence-electron chi connectivity index (χ4n) is 0.456. The number of rotatable bonds is 0. The summed E-state index contributed by atoms with van der Waals surface area (Å²) in [7, 11) is 0.605. The highest BCUT2D eigenvalue weighted by Crippen LogP contribution is 2.11. The van der Waals surface area contributed by atoms with Crippen LogP contribution in [0.4, 0.5) is 0 Å². The van der Waals surface area contributed by atoms with Crippen LogP contribution >= 0.6 is 23.2 Å². The van der Waals surface area contributed by atoms with Crippen LogP contribution in [0.15, 0.2) is 33.6 Å². The fraction of sp³-hybridized carbons (Fsp3) is 0. The van der Waals surface area contributed by atoms with Crippen molar-refractivity contribution in [1.82, 2.24) is 0 Å². The molecule has 0 aromatic rings. The monoisotopic (exact) mass is 174 g/mol. The first-order valence-electron chi connectivity index (χ1n) is 2.44. The van der Waals surface area contributed by atoms with Crippen LogP contribution < -0.4 is 0 Å². The van der Waals surface area contributed by atoms with Crippen molar-refractivity contribution in [3.8, 4) is 0 Å². The third-order valence-electron chi connectivity index (χ3n) is 0.844. The Morgan fingerprint density at radius 3 is 1.89 bits per heavy atom. The molecular weight excluding hydrogens is 171 g/mol. The zero-order valence-corrected chi connectivity index (χ0v) is 7.08. The molecule has 0 N–H and O–H groups in total. The minimum atomic E-state index is 0.605. The van der Waals surface area contributed by atoms with Crippen molar-refractivity contribution < 1.29 is 0 Å². The van der Waals surface area contributed by atoms with Crippen molar-refractivity contribution in [3.05, 3.63) is 33.6 Å². The first-order valence-corrected chi connectivity index (χ1v) is 4.35. The van der Waals surface area contributed by atoms with E-state index in [-0.39, 0.29) is 0 Å². The van der Waals surface area contributed by atoms with Gasteiger partial charge in [0.15, 0.2) is 0 Å². The van der Waals surface area contributed by atoms with E-state index in [0.29, 0.717) is 9.52 Å². The van der Waals surface area contributed by atoms with Crippen LogP contribution in [0.2, 0.25) is 0 Å². The molecule has 0 amide bonds. The second-order valence-corrected chi connectivity index (χ2v) is 3.34. The van der Waals surface area contributed by atoms with E-state index in [4.69, 9.17) is 23.2 Å². The third kappa shape index (κ3) is 2.39. The molecular formula is C6H4Cl2Si. The van der Waals surface area contributed by atoms with E-state index in [2.05, 4.69) is 0 Å². The van der Waals surface area contributed by atoms with Gasteiger partial charge >= 0.3 is 0 Å². The molecule has 0 fully saturated rings. The first kappa shape index (κ1) is 7.13. The van der Waals surface area contributed by atoms with Crippen molar-refractivity contribution in [2.45, 2.75) is 0 Å². The lowest BCUT2D eigenvalue weighted by molar-refractivity contribution is 1.88. The summed E-state index contributed by atoms with van der Waals surface area (Å²) in [6.45, 7) is 0. The summed E-state index contributed by atoms with van der Waals surface area (Å²) in [6.07, 6.45) is 3.58. The number of hydrogen-bond acceptors (Lipinski definition) is 0. The quantitative estimate of drug-likeness (QED) is 0.496. The molecule has 2 radical (unpaired) electrons. The Morgan fingerprint density at radius 1 is 1.00 bits per heavy atom. The van der Waals surface area contributed by atoms with Crippen LogP contribution in [0.3, 0.4) is 0 Å². The molecule has 1 rings (SSSR count). The number of hydrogen-bond donors (Lipinski definition) is 0. The molecule has 46 valence electrons. The molecule has 0 saturated heterocycles. The maximum atomic E-state index is 5.68. The zero-order valence-electron chi connectivity index (χ0n) is 4.57. The van der Waals surface area contributed by atoms with Crippen molar-refractivity contribution in [2.75, 3.05) is 0 Å². The normalized spacial score (nSPS) is 18.4. The number of allylic oxidation sites excluding steroid dienone is 4. The van der Waals surface area contributed by atoms with E-state index in [1.165, 1.54) is 0 Å². The van der Waals surface area contributed by atoms with Gasteiger partial charge in [0.05, 0.1) is 0 Å². The molecule has 0 aromatic carbocycles. The Kier molecular flexibility index (Phi) is 2.58. The topological polar surface area (TPSA) is 0 Å². The maximum Gasteiger partial charge on any atom is 0.105 e. The predicted molar refractivity (Wildman–Crippen MR) is 42.8 cm³/mol. The van der Waals surface area contributed by atoms with Gasteiger partial charge in [0.1, 0.15) is 9.52 Å². The average molecular weight is 175 g/mol. The molecule has 0 nitrogen and oxygen atoms in total. The summed E-state index contributed by atoms with van der Waals surface area (Å²) in [5.41, 5.74) is 3.88. The standard InChI is InChI=1S/C6H4Cl2Si/c7-5-1-2-6(8)4-9-3-5/h1-4H. The molecule has 0 aliphatic carbocycles. The predicted octanol–water partition coefficient (Wildman–Crippen LogP) is 2.42. The van der Waals surface area contributed by atoms with Gasteiger partial charge < -0.3 is 0 Å². The van der Waals surface area contributed by atoms with E-state index in [1.807, 2.05) is 11.4 Å². The van der Waals surface area contributed by atoms with Gasteiger partial charge in [0, 0.05) is 10.1 Å².